The summed E-state index contributed by atoms with van der Waals surface area (Å²) < 4.78 is 0. The number of nitrogens with one attached hydrogen (secondary N) is 1. The summed E-state index contributed by atoms with van der Waals surface area (Å²) in [6.07, 6.45) is 0.0407. The molecule has 0 fully saturated rings. The van der Waals surface area contributed by atoms with Crippen LogP contribution in [0, 0.1) is 0 Å². The Kier molecular flexibility index (Phi) is 3.14. The Labute approximate surface area is 97.1 Å². The summed E-state index contributed by atoms with van der Waals surface area (Å²) >= 11 is 1.64. The Morgan fingerprint density at radius 2 is 2.38 bits per heavy atom. The van der Waals surface area contributed by atoms with E-state index >= 15 is 0 Å². The molecule has 1 aromatic heterocycles. The van der Waals surface area contributed by atoms with Crippen molar-refractivity contribution in [1.29, 1.82) is 0 Å². The molecule has 1 aromatic carbocycles. The maximum atomic E-state index is 10.6. The second kappa shape index (κ2) is 4.57. The van der Waals surface area contributed by atoms with Crippen molar-refractivity contribution in [2.75, 3.05) is 5.75 Å². The zero-order valence-corrected chi connectivity index (χ0v) is 9.67. The third-order valence-corrected chi connectivity index (χ3v) is 2.92. The van der Waals surface area contributed by atoms with Crippen LogP contribution in [-0.2, 0) is 11.2 Å². The summed E-state index contributed by atoms with van der Waals surface area (Å²) in [6, 6.07) is 5.51. The molecule has 84 valence electrons. The fourth-order valence-corrected chi connectivity index (χ4v) is 2.14. The number of aliphatic carboxylic acids is 1. The van der Waals surface area contributed by atoms with E-state index in [1.54, 1.807) is 11.8 Å². The smallest absolute Gasteiger partial charge is 0.307 e. The van der Waals surface area contributed by atoms with Crippen LogP contribution in [0.15, 0.2) is 23.4 Å². The Morgan fingerprint density at radius 3 is 3.06 bits per heavy atom. The molecule has 0 radical (unpaired) electrons. The Morgan fingerprint density at radius 1 is 1.56 bits per heavy atom. The number of imidazole rings is 1. The van der Waals surface area contributed by atoms with E-state index in [-0.39, 0.29) is 6.42 Å². The van der Waals surface area contributed by atoms with Gasteiger partial charge in [-0.1, -0.05) is 24.8 Å². The van der Waals surface area contributed by atoms with Crippen LogP contribution in [0.1, 0.15) is 12.5 Å². The lowest BCUT2D eigenvalue weighted by molar-refractivity contribution is -0.136. The molecule has 4 nitrogen and oxygen atoms in total. The molecule has 0 saturated heterocycles. The highest BCUT2D eigenvalue weighted by atomic mass is 32.2. The first kappa shape index (κ1) is 11.0. The lowest BCUT2D eigenvalue weighted by Crippen LogP contribution is -1.99. The average Bonchev–Trinajstić information content (AvgIpc) is 2.59. The first-order valence-corrected chi connectivity index (χ1v) is 6.01. The number of carbonyl (C=O) groups is 1. The minimum absolute atomic E-state index is 0.0407. The molecule has 0 saturated carbocycles. The highest BCUT2D eigenvalue weighted by molar-refractivity contribution is 7.99. The Bertz CT molecular complexity index is 522. The molecule has 16 heavy (non-hydrogen) atoms. The second-order valence-electron chi connectivity index (χ2n) is 3.40. The molecule has 0 atom stereocenters. The van der Waals surface area contributed by atoms with Gasteiger partial charge in [-0.15, -0.1) is 0 Å². The van der Waals surface area contributed by atoms with Crippen LogP contribution in [0.2, 0.25) is 0 Å². The molecular formula is C11H12N2O2S. The van der Waals surface area contributed by atoms with Gasteiger partial charge < -0.3 is 10.1 Å². The number of benzene rings is 1. The molecule has 2 aromatic rings. The van der Waals surface area contributed by atoms with Crippen molar-refractivity contribution >= 4 is 28.8 Å². The topological polar surface area (TPSA) is 66.0 Å². The summed E-state index contributed by atoms with van der Waals surface area (Å²) in [6.45, 7) is 2.06. The average molecular weight is 236 g/mol. The normalized spacial score (nSPS) is 10.8. The molecule has 0 spiro atoms. The van der Waals surface area contributed by atoms with Crippen molar-refractivity contribution in [2.24, 2.45) is 0 Å². The zero-order valence-electron chi connectivity index (χ0n) is 8.86. The van der Waals surface area contributed by atoms with Crippen molar-refractivity contribution in [3.63, 3.8) is 0 Å². The molecule has 0 aliphatic heterocycles. The lowest BCUT2D eigenvalue weighted by Gasteiger charge is -1.95. The molecule has 0 amide bonds. The van der Waals surface area contributed by atoms with Crippen molar-refractivity contribution in [2.45, 2.75) is 18.5 Å². The number of hydrogen-bond acceptors (Lipinski definition) is 3. The number of H-pyrrole nitrogens is 1. The maximum absolute atomic E-state index is 10.6. The summed E-state index contributed by atoms with van der Waals surface area (Å²) in [5.74, 6) is 0.139. The summed E-state index contributed by atoms with van der Waals surface area (Å²) in [5.41, 5.74) is 2.55. The van der Waals surface area contributed by atoms with Crippen LogP contribution in [-0.4, -0.2) is 26.8 Å². The predicted molar refractivity (Wildman–Crippen MR) is 63.8 cm³/mol. The van der Waals surface area contributed by atoms with Crippen LogP contribution in [0.25, 0.3) is 11.0 Å². The van der Waals surface area contributed by atoms with E-state index in [2.05, 4.69) is 16.9 Å². The molecular weight excluding hydrogens is 224 g/mol. The third kappa shape index (κ3) is 2.36. The molecule has 5 heteroatoms. The van der Waals surface area contributed by atoms with Gasteiger partial charge in [0.05, 0.1) is 17.5 Å². The maximum Gasteiger partial charge on any atom is 0.307 e. The van der Waals surface area contributed by atoms with Gasteiger partial charge in [0.15, 0.2) is 5.16 Å². The predicted octanol–water partition coefficient (Wildman–Crippen LogP) is 2.30. The van der Waals surface area contributed by atoms with E-state index in [0.717, 1.165) is 27.5 Å². The SMILES string of the molecule is CCSc1nc2cc(CC(=O)O)ccc2[nH]1. The van der Waals surface area contributed by atoms with Gasteiger partial charge in [0.25, 0.3) is 0 Å². The number of thioether (sulfide) groups is 1. The highest BCUT2D eigenvalue weighted by Gasteiger charge is 2.05. The van der Waals surface area contributed by atoms with Crippen molar-refractivity contribution < 1.29 is 9.90 Å². The lowest BCUT2D eigenvalue weighted by atomic mass is 10.1. The van der Waals surface area contributed by atoms with Crippen LogP contribution in [0.5, 0.6) is 0 Å². The molecule has 0 bridgehead atoms. The molecule has 0 aliphatic carbocycles. The zero-order chi connectivity index (χ0) is 11.5. The quantitative estimate of drug-likeness (QED) is 0.799. The van der Waals surface area contributed by atoms with Gasteiger partial charge in [-0.05, 0) is 23.4 Å². The van der Waals surface area contributed by atoms with Crippen LogP contribution in [0.3, 0.4) is 0 Å². The number of rotatable bonds is 4. The van der Waals surface area contributed by atoms with E-state index in [1.807, 2.05) is 18.2 Å². The van der Waals surface area contributed by atoms with E-state index < -0.39 is 5.97 Å². The fraction of sp³-hybridized carbons (Fsp3) is 0.273. The largest absolute Gasteiger partial charge is 0.481 e. The van der Waals surface area contributed by atoms with Crippen LogP contribution >= 0.6 is 11.8 Å². The van der Waals surface area contributed by atoms with Crippen molar-refractivity contribution in [3.05, 3.63) is 23.8 Å². The summed E-state index contributed by atoms with van der Waals surface area (Å²) in [7, 11) is 0. The minimum atomic E-state index is -0.821. The number of aromatic nitrogens is 2. The highest BCUT2D eigenvalue weighted by Crippen LogP contribution is 2.20. The fourth-order valence-electron chi connectivity index (χ4n) is 1.52. The number of aromatic amines is 1. The molecule has 0 unspecified atom stereocenters. The van der Waals surface area contributed by atoms with E-state index in [4.69, 9.17) is 5.11 Å². The monoisotopic (exact) mass is 236 g/mol. The minimum Gasteiger partial charge on any atom is -0.481 e. The van der Waals surface area contributed by atoms with Crippen LogP contribution in [0.4, 0.5) is 0 Å². The molecule has 2 N–H and O–H groups in total. The van der Waals surface area contributed by atoms with E-state index in [0.29, 0.717) is 0 Å². The molecule has 0 aliphatic rings. The molecule has 1 heterocycles. The number of carboxylic acids is 1. The van der Waals surface area contributed by atoms with Gasteiger partial charge in [0, 0.05) is 0 Å². The van der Waals surface area contributed by atoms with Crippen molar-refractivity contribution in [1.82, 2.24) is 9.97 Å². The van der Waals surface area contributed by atoms with Gasteiger partial charge >= 0.3 is 5.97 Å². The summed E-state index contributed by atoms with van der Waals surface area (Å²) in [5, 5.41) is 9.58. The Balaban J connectivity index is 2.33. The number of hydrogen-bond donors (Lipinski definition) is 2. The summed E-state index contributed by atoms with van der Waals surface area (Å²) in [4.78, 5) is 18.1. The second-order valence-corrected chi connectivity index (χ2v) is 4.65. The van der Waals surface area contributed by atoms with Gasteiger partial charge in [-0.2, -0.15) is 0 Å². The molecule has 2 rings (SSSR count). The first-order valence-electron chi connectivity index (χ1n) is 5.02. The van der Waals surface area contributed by atoms with Gasteiger partial charge in [0.1, 0.15) is 0 Å². The first-order chi connectivity index (χ1) is 7.69. The van der Waals surface area contributed by atoms with Gasteiger partial charge in [-0.25, -0.2) is 4.98 Å². The standard InChI is InChI=1S/C11H12N2O2S/c1-2-16-11-12-8-4-3-7(6-10(14)15)5-9(8)13-11/h3-5H,2,6H2,1H3,(H,12,13)(H,14,15). The van der Waals surface area contributed by atoms with E-state index in [1.165, 1.54) is 0 Å². The number of nitrogens with zero attached hydrogens (tertiary/aromatic N) is 1. The third-order valence-electron chi connectivity index (χ3n) is 2.16. The number of carboxylic acid groups (broad SMARTS) is 1. The van der Waals surface area contributed by atoms with Crippen molar-refractivity contribution in [3.8, 4) is 0 Å². The van der Waals surface area contributed by atoms with Crippen LogP contribution < -0.4 is 0 Å². The van der Waals surface area contributed by atoms with E-state index in [9.17, 15) is 4.79 Å². The number of fused-ring (bicyclic) bond motifs is 1. The van der Waals surface area contributed by atoms with Gasteiger partial charge in [-0.3, -0.25) is 4.79 Å². The Hall–Kier alpha value is -1.49. The van der Waals surface area contributed by atoms with Gasteiger partial charge in [0.2, 0.25) is 0 Å².